The van der Waals surface area contributed by atoms with Crippen molar-refractivity contribution in [2.75, 3.05) is 11.9 Å². The summed E-state index contributed by atoms with van der Waals surface area (Å²) in [5, 5.41) is 5.47. The van der Waals surface area contributed by atoms with Crippen LogP contribution in [0, 0.1) is 0 Å². The van der Waals surface area contributed by atoms with Gasteiger partial charge in [0.25, 0.3) is 5.56 Å². The minimum absolute atomic E-state index is 0.0323. The lowest BCUT2D eigenvalue weighted by atomic mass is 10.0. The second-order valence-corrected chi connectivity index (χ2v) is 5.30. The third-order valence-electron chi connectivity index (χ3n) is 3.96. The van der Waals surface area contributed by atoms with Crippen LogP contribution in [-0.2, 0) is 6.42 Å². The zero-order chi connectivity index (χ0) is 14.2. The van der Waals surface area contributed by atoms with E-state index in [0.29, 0.717) is 5.82 Å². The summed E-state index contributed by atoms with van der Waals surface area (Å²) in [6.45, 7) is 0.873. The summed E-state index contributed by atoms with van der Waals surface area (Å²) in [6, 6.07) is 14.2. The zero-order valence-corrected chi connectivity index (χ0v) is 11.5. The topological polar surface area (TPSA) is 57.8 Å². The number of fused-ring (bicyclic) bond motifs is 2. The second kappa shape index (κ2) is 4.74. The molecule has 4 nitrogen and oxygen atoms in total. The fourth-order valence-electron chi connectivity index (χ4n) is 2.91. The van der Waals surface area contributed by atoms with Gasteiger partial charge in [0.15, 0.2) is 0 Å². The average Bonchev–Trinajstić information content (AvgIpc) is 2.54. The maximum absolute atomic E-state index is 12.3. The molecule has 0 atom stereocenters. The lowest BCUT2D eigenvalue weighted by Crippen LogP contribution is -2.24. The molecule has 21 heavy (non-hydrogen) atoms. The Morgan fingerprint density at radius 3 is 2.86 bits per heavy atom. The van der Waals surface area contributed by atoms with Crippen molar-refractivity contribution in [3.63, 3.8) is 0 Å². The van der Waals surface area contributed by atoms with E-state index in [1.54, 1.807) is 0 Å². The summed E-state index contributed by atoms with van der Waals surface area (Å²) >= 11 is 0. The van der Waals surface area contributed by atoms with Crippen LogP contribution in [-0.4, -0.2) is 16.5 Å². The van der Waals surface area contributed by atoms with Crippen LogP contribution in [0.15, 0.2) is 47.3 Å². The Morgan fingerprint density at radius 1 is 1.05 bits per heavy atom. The van der Waals surface area contributed by atoms with Crippen molar-refractivity contribution >= 4 is 16.6 Å². The van der Waals surface area contributed by atoms with Gasteiger partial charge >= 0.3 is 0 Å². The SMILES string of the molecule is O=c1[nH]c(-c2cccc3ccccc23)nc2c1CCCN2. The van der Waals surface area contributed by atoms with Crippen molar-refractivity contribution in [2.24, 2.45) is 0 Å². The molecule has 2 aromatic carbocycles. The fraction of sp³-hybridized carbons (Fsp3) is 0.176. The van der Waals surface area contributed by atoms with E-state index in [1.165, 1.54) is 0 Å². The molecule has 0 spiro atoms. The molecular weight excluding hydrogens is 262 g/mol. The van der Waals surface area contributed by atoms with Crippen molar-refractivity contribution in [1.29, 1.82) is 0 Å². The Labute approximate surface area is 121 Å². The molecule has 3 aromatic rings. The molecule has 1 aliphatic heterocycles. The highest BCUT2D eigenvalue weighted by molar-refractivity contribution is 5.95. The van der Waals surface area contributed by atoms with Crippen LogP contribution in [0.5, 0.6) is 0 Å². The van der Waals surface area contributed by atoms with Crippen molar-refractivity contribution in [3.05, 3.63) is 58.4 Å². The second-order valence-electron chi connectivity index (χ2n) is 5.30. The van der Waals surface area contributed by atoms with Crippen molar-refractivity contribution < 1.29 is 0 Å². The first kappa shape index (κ1) is 12.1. The van der Waals surface area contributed by atoms with Crippen molar-refractivity contribution in [2.45, 2.75) is 12.8 Å². The van der Waals surface area contributed by atoms with E-state index in [1.807, 2.05) is 24.3 Å². The molecule has 0 saturated carbocycles. The number of hydrogen-bond donors (Lipinski definition) is 2. The lowest BCUT2D eigenvalue weighted by Gasteiger charge is -2.17. The standard InChI is InChI=1S/C17H15N3O/c21-17-14-9-4-10-18-15(14)19-16(20-17)13-8-3-6-11-5-1-2-7-12(11)13/h1-3,5-8H,4,9-10H2,(H2,18,19,20,21). The van der Waals surface area contributed by atoms with Crippen LogP contribution in [0.4, 0.5) is 5.82 Å². The van der Waals surface area contributed by atoms with Gasteiger partial charge < -0.3 is 10.3 Å². The maximum atomic E-state index is 12.3. The summed E-state index contributed by atoms with van der Waals surface area (Å²) in [5.41, 5.74) is 1.70. The fourth-order valence-corrected chi connectivity index (χ4v) is 2.91. The van der Waals surface area contributed by atoms with Gasteiger partial charge in [-0.2, -0.15) is 0 Å². The van der Waals surface area contributed by atoms with E-state index in [4.69, 9.17) is 0 Å². The Bertz CT molecular complexity index is 877. The molecule has 0 unspecified atom stereocenters. The summed E-state index contributed by atoms with van der Waals surface area (Å²) in [4.78, 5) is 19.8. The molecule has 0 bridgehead atoms. The van der Waals surface area contributed by atoms with E-state index in [9.17, 15) is 4.79 Å². The lowest BCUT2D eigenvalue weighted by molar-refractivity contribution is 0.800. The van der Waals surface area contributed by atoms with Gasteiger partial charge in [-0.05, 0) is 23.6 Å². The molecule has 4 heteroatoms. The van der Waals surface area contributed by atoms with Crippen LogP contribution < -0.4 is 10.9 Å². The highest BCUT2D eigenvalue weighted by Crippen LogP contribution is 2.27. The van der Waals surface area contributed by atoms with Gasteiger partial charge in [0.2, 0.25) is 0 Å². The molecule has 2 heterocycles. The largest absolute Gasteiger partial charge is 0.370 e. The molecule has 0 saturated heterocycles. The van der Waals surface area contributed by atoms with Gasteiger partial charge in [0, 0.05) is 12.1 Å². The average molecular weight is 277 g/mol. The van der Waals surface area contributed by atoms with Gasteiger partial charge in [-0.3, -0.25) is 4.79 Å². The first-order valence-electron chi connectivity index (χ1n) is 7.18. The molecule has 4 rings (SSSR count). The number of rotatable bonds is 1. The number of nitrogens with one attached hydrogen (secondary N) is 2. The quantitative estimate of drug-likeness (QED) is 0.719. The number of nitrogens with zero attached hydrogens (tertiary/aromatic N) is 1. The highest BCUT2D eigenvalue weighted by atomic mass is 16.1. The number of aromatic amines is 1. The summed E-state index contributed by atoms with van der Waals surface area (Å²) in [6.07, 6.45) is 1.77. The van der Waals surface area contributed by atoms with Gasteiger partial charge in [-0.15, -0.1) is 0 Å². The van der Waals surface area contributed by atoms with Crippen LogP contribution in [0.2, 0.25) is 0 Å². The normalized spacial score (nSPS) is 13.7. The summed E-state index contributed by atoms with van der Waals surface area (Å²) in [5.74, 6) is 1.36. The van der Waals surface area contributed by atoms with Crippen molar-refractivity contribution in [1.82, 2.24) is 9.97 Å². The first-order valence-corrected chi connectivity index (χ1v) is 7.18. The van der Waals surface area contributed by atoms with Crippen LogP contribution >= 0.6 is 0 Å². The summed E-state index contributed by atoms with van der Waals surface area (Å²) < 4.78 is 0. The number of anilines is 1. The molecule has 0 fully saturated rings. The van der Waals surface area contributed by atoms with E-state index in [2.05, 4.69) is 33.5 Å². The monoisotopic (exact) mass is 277 g/mol. The van der Waals surface area contributed by atoms with Gasteiger partial charge in [0.1, 0.15) is 11.6 Å². The van der Waals surface area contributed by atoms with Gasteiger partial charge in [0.05, 0.1) is 5.56 Å². The smallest absolute Gasteiger partial charge is 0.256 e. The van der Waals surface area contributed by atoms with E-state index in [-0.39, 0.29) is 5.56 Å². The van der Waals surface area contributed by atoms with E-state index in [0.717, 1.165) is 47.1 Å². The van der Waals surface area contributed by atoms with E-state index < -0.39 is 0 Å². The first-order chi connectivity index (χ1) is 10.3. The Balaban J connectivity index is 1.97. The molecule has 1 aromatic heterocycles. The minimum atomic E-state index is -0.0323. The molecule has 1 aliphatic rings. The number of aromatic nitrogens is 2. The van der Waals surface area contributed by atoms with Crippen molar-refractivity contribution in [3.8, 4) is 11.4 Å². The number of benzene rings is 2. The predicted octanol–water partition coefficient (Wildman–Crippen LogP) is 2.95. The van der Waals surface area contributed by atoms with Crippen LogP contribution in [0.1, 0.15) is 12.0 Å². The molecule has 0 aliphatic carbocycles. The maximum Gasteiger partial charge on any atom is 0.256 e. The van der Waals surface area contributed by atoms with Crippen LogP contribution in [0.25, 0.3) is 22.2 Å². The Hall–Kier alpha value is -2.62. The molecular formula is C17H15N3O. The minimum Gasteiger partial charge on any atom is -0.370 e. The van der Waals surface area contributed by atoms with Gasteiger partial charge in [-0.25, -0.2) is 4.98 Å². The van der Waals surface area contributed by atoms with E-state index >= 15 is 0 Å². The molecule has 104 valence electrons. The third kappa shape index (κ3) is 2.00. The molecule has 0 radical (unpaired) electrons. The summed E-state index contributed by atoms with van der Waals surface area (Å²) in [7, 11) is 0. The van der Waals surface area contributed by atoms with Gasteiger partial charge in [-0.1, -0.05) is 42.5 Å². The number of hydrogen-bond acceptors (Lipinski definition) is 3. The predicted molar refractivity (Wildman–Crippen MR) is 84.6 cm³/mol. The van der Waals surface area contributed by atoms with Crippen LogP contribution in [0.3, 0.4) is 0 Å². The third-order valence-corrected chi connectivity index (χ3v) is 3.96. The molecule has 2 N–H and O–H groups in total. The zero-order valence-electron chi connectivity index (χ0n) is 11.5. The Kier molecular flexibility index (Phi) is 2.74. The number of H-pyrrole nitrogens is 1. The Morgan fingerprint density at radius 2 is 1.90 bits per heavy atom. The molecule has 0 amide bonds. The highest BCUT2D eigenvalue weighted by Gasteiger charge is 2.16.